The van der Waals surface area contributed by atoms with E-state index in [0.717, 1.165) is 29.3 Å². The number of hydrogen-bond donors (Lipinski definition) is 0. The quantitative estimate of drug-likeness (QED) is 0.827. The minimum absolute atomic E-state index is 0.0542. The maximum absolute atomic E-state index is 12.9. The van der Waals surface area contributed by atoms with Crippen LogP contribution in [0.3, 0.4) is 0 Å². The van der Waals surface area contributed by atoms with Gasteiger partial charge in [0.15, 0.2) is 11.6 Å². The molecule has 0 N–H and O–H groups in total. The molecule has 100 valence electrons. The van der Waals surface area contributed by atoms with Crippen LogP contribution in [0.4, 0.5) is 4.39 Å². The molecule has 0 spiro atoms. The molecular formula is C15H17FN2O. The van der Waals surface area contributed by atoms with Gasteiger partial charge in [0.25, 0.3) is 0 Å². The normalized spacial score (nSPS) is 11.4. The first-order valence-corrected chi connectivity index (χ1v) is 6.09. The van der Waals surface area contributed by atoms with Gasteiger partial charge in [0, 0.05) is 5.56 Å². The van der Waals surface area contributed by atoms with Crippen molar-refractivity contribution in [2.24, 2.45) is 0 Å². The topological polar surface area (TPSA) is 35.0 Å². The summed E-state index contributed by atoms with van der Waals surface area (Å²) in [4.78, 5) is 8.03. The zero-order chi connectivity index (χ0) is 14.0. The van der Waals surface area contributed by atoms with Crippen LogP contribution in [0, 0.1) is 5.82 Å². The standard InChI is InChI=1S/C15H17FN2O/c1-15(2,3)12-7-5-6-11(13(12)19-4)14-17-8-10(16)9-18-14/h5-9H,1-4H3. The van der Waals surface area contributed by atoms with Gasteiger partial charge in [0.1, 0.15) is 5.75 Å². The van der Waals surface area contributed by atoms with E-state index in [-0.39, 0.29) is 5.41 Å². The van der Waals surface area contributed by atoms with E-state index in [4.69, 9.17) is 4.74 Å². The number of ether oxygens (including phenoxy) is 1. The van der Waals surface area contributed by atoms with Crippen LogP contribution in [0.15, 0.2) is 30.6 Å². The van der Waals surface area contributed by atoms with Gasteiger partial charge in [0.2, 0.25) is 0 Å². The molecule has 0 saturated carbocycles. The fraction of sp³-hybridized carbons (Fsp3) is 0.333. The first kappa shape index (κ1) is 13.5. The predicted octanol–water partition coefficient (Wildman–Crippen LogP) is 3.59. The van der Waals surface area contributed by atoms with Crippen molar-refractivity contribution < 1.29 is 9.13 Å². The van der Waals surface area contributed by atoms with Crippen LogP contribution in [0.5, 0.6) is 5.75 Å². The number of halogens is 1. The first-order valence-electron chi connectivity index (χ1n) is 6.09. The highest BCUT2D eigenvalue weighted by atomic mass is 19.1. The molecule has 3 nitrogen and oxygen atoms in total. The zero-order valence-electron chi connectivity index (χ0n) is 11.6. The minimum Gasteiger partial charge on any atom is -0.496 e. The molecule has 1 aromatic heterocycles. The lowest BCUT2D eigenvalue weighted by Gasteiger charge is -2.23. The second-order valence-corrected chi connectivity index (χ2v) is 5.36. The second kappa shape index (κ2) is 4.96. The molecule has 0 atom stereocenters. The Labute approximate surface area is 112 Å². The van der Waals surface area contributed by atoms with Gasteiger partial charge in [-0.3, -0.25) is 0 Å². The average molecular weight is 260 g/mol. The van der Waals surface area contributed by atoms with Gasteiger partial charge in [0.05, 0.1) is 25.1 Å². The molecule has 0 saturated heterocycles. The Morgan fingerprint density at radius 2 is 1.74 bits per heavy atom. The minimum atomic E-state index is -0.449. The number of aromatic nitrogens is 2. The van der Waals surface area contributed by atoms with Crippen LogP contribution in [-0.4, -0.2) is 17.1 Å². The van der Waals surface area contributed by atoms with Crippen molar-refractivity contribution in [1.29, 1.82) is 0 Å². The van der Waals surface area contributed by atoms with E-state index in [0.29, 0.717) is 5.82 Å². The molecule has 1 heterocycles. The van der Waals surface area contributed by atoms with Crippen LogP contribution in [0.25, 0.3) is 11.4 Å². The number of para-hydroxylation sites is 1. The second-order valence-electron chi connectivity index (χ2n) is 5.36. The highest BCUT2D eigenvalue weighted by Crippen LogP contribution is 2.37. The monoisotopic (exact) mass is 260 g/mol. The summed E-state index contributed by atoms with van der Waals surface area (Å²) in [6.07, 6.45) is 2.32. The molecule has 1 aromatic carbocycles. The van der Waals surface area contributed by atoms with Crippen molar-refractivity contribution in [3.63, 3.8) is 0 Å². The highest BCUT2D eigenvalue weighted by molar-refractivity contribution is 5.67. The number of benzene rings is 1. The fourth-order valence-electron chi connectivity index (χ4n) is 1.97. The van der Waals surface area contributed by atoms with E-state index in [1.807, 2.05) is 18.2 Å². The molecule has 2 aromatic rings. The third-order valence-corrected chi connectivity index (χ3v) is 2.89. The van der Waals surface area contributed by atoms with Gasteiger partial charge in [-0.15, -0.1) is 0 Å². The molecular weight excluding hydrogens is 243 g/mol. The largest absolute Gasteiger partial charge is 0.496 e. The molecule has 0 radical (unpaired) electrons. The predicted molar refractivity (Wildman–Crippen MR) is 72.7 cm³/mol. The Morgan fingerprint density at radius 1 is 1.11 bits per heavy atom. The van der Waals surface area contributed by atoms with E-state index in [2.05, 4.69) is 30.7 Å². The lowest BCUT2D eigenvalue weighted by Crippen LogP contribution is -2.13. The van der Waals surface area contributed by atoms with Crippen molar-refractivity contribution in [3.05, 3.63) is 42.0 Å². The maximum atomic E-state index is 12.9. The Bertz CT molecular complexity index is 574. The number of nitrogens with zero attached hydrogens (tertiary/aromatic N) is 2. The molecule has 19 heavy (non-hydrogen) atoms. The molecule has 0 aliphatic carbocycles. The molecule has 4 heteroatoms. The van der Waals surface area contributed by atoms with E-state index >= 15 is 0 Å². The summed E-state index contributed by atoms with van der Waals surface area (Å²) in [5.41, 5.74) is 1.79. The van der Waals surface area contributed by atoms with Gasteiger partial charge in [-0.25, -0.2) is 14.4 Å². The summed E-state index contributed by atoms with van der Waals surface area (Å²) in [6.45, 7) is 6.33. The SMILES string of the molecule is COc1c(-c2ncc(F)cn2)cccc1C(C)(C)C. The van der Waals surface area contributed by atoms with Crippen molar-refractivity contribution in [1.82, 2.24) is 9.97 Å². The van der Waals surface area contributed by atoms with E-state index in [1.165, 1.54) is 0 Å². The molecule has 0 aliphatic heterocycles. The van der Waals surface area contributed by atoms with Crippen LogP contribution in [-0.2, 0) is 5.41 Å². The summed E-state index contributed by atoms with van der Waals surface area (Å²) in [5.74, 6) is 0.751. The van der Waals surface area contributed by atoms with Gasteiger partial charge < -0.3 is 4.74 Å². The maximum Gasteiger partial charge on any atom is 0.163 e. The van der Waals surface area contributed by atoms with Crippen molar-refractivity contribution in [3.8, 4) is 17.1 Å². The number of rotatable bonds is 2. The van der Waals surface area contributed by atoms with Crippen molar-refractivity contribution >= 4 is 0 Å². The lowest BCUT2D eigenvalue weighted by atomic mass is 9.85. The highest BCUT2D eigenvalue weighted by Gasteiger charge is 2.22. The number of methoxy groups -OCH3 is 1. The Balaban J connectivity index is 2.61. The van der Waals surface area contributed by atoms with Gasteiger partial charge in [-0.1, -0.05) is 32.9 Å². The Morgan fingerprint density at radius 3 is 2.26 bits per heavy atom. The van der Waals surface area contributed by atoms with E-state index in [1.54, 1.807) is 7.11 Å². The van der Waals surface area contributed by atoms with Crippen LogP contribution in [0.1, 0.15) is 26.3 Å². The van der Waals surface area contributed by atoms with Crippen LogP contribution >= 0.6 is 0 Å². The summed E-state index contributed by atoms with van der Waals surface area (Å²) in [5, 5.41) is 0. The van der Waals surface area contributed by atoms with Crippen LogP contribution in [0.2, 0.25) is 0 Å². The molecule has 0 bridgehead atoms. The van der Waals surface area contributed by atoms with Gasteiger partial charge in [-0.05, 0) is 11.5 Å². The smallest absolute Gasteiger partial charge is 0.163 e. The van der Waals surface area contributed by atoms with Gasteiger partial charge >= 0.3 is 0 Å². The molecule has 2 rings (SSSR count). The van der Waals surface area contributed by atoms with Crippen molar-refractivity contribution in [2.75, 3.05) is 7.11 Å². The van der Waals surface area contributed by atoms with E-state index in [9.17, 15) is 4.39 Å². The fourth-order valence-corrected chi connectivity index (χ4v) is 1.97. The molecule has 0 aliphatic rings. The Kier molecular flexibility index (Phi) is 3.51. The van der Waals surface area contributed by atoms with Crippen molar-refractivity contribution in [2.45, 2.75) is 26.2 Å². The third kappa shape index (κ3) is 2.72. The van der Waals surface area contributed by atoms with Crippen LogP contribution < -0.4 is 4.74 Å². The zero-order valence-corrected chi connectivity index (χ0v) is 11.6. The lowest BCUT2D eigenvalue weighted by molar-refractivity contribution is 0.399. The summed E-state index contributed by atoms with van der Waals surface area (Å²) < 4.78 is 18.4. The molecule has 0 fully saturated rings. The third-order valence-electron chi connectivity index (χ3n) is 2.89. The molecule has 0 unspecified atom stereocenters. The molecule has 0 amide bonds. The summed E-state index contributed by atoms with van der Waals surface area (Å²) in [7, 11) is 1.62. The van der Waals surface area contributed by atoms with E-state index < -0.39 is 5.82 Å². The summed E-state index contributed by atoms with van der Waals surface area (Å²) in [6, 6.07) is 5.83. The summed E-state index contributed by atoms with van der Waals surface area (Å²) >= 11 is 0. The first-order chi connectivity index (χ1) is 8.93. The van der Waals surface area contributed by atoms with Gasteiger partial charge in [-0.2, -0.15) is 0 Å². The Hall–Kier alpha value is -1.97. The average Bonchev–Trinajstić information content (AvgIpc) is 2.37. The number of hydrogen-bond acceptors (Lipinski definition) is 3.